The third-order valence-electron chi connectivity index (χ3n) is 2.69. The molecule has 0 radical (unpaired) electrons. The Morgan fingerprint density at radius 1 is 1.55 bits per heavy atom. The summed E-state index contributed by atoms with van der Waals surface area (Å²) in [5, 5.41) is 2.78. The van der Waals surface area contributed by atoms with E-state index in [1.807, 2.05) is 6.07 Å². The summed E-state index contributed by atoms with van der Waals surface area (Å²) in [4.78, 5) is 18.7. The van der Waals surface area contributed by atoms with Gasteiger partial charge in [0.1, 0.15) is 11.6 Å². The standard InChI is InChI=1S/C13H13ClFN3OS/c1-16-12-10(5-8(15)6-17-12)13(19)18(2)7-9-3-4-11(14)20-9/h3-6H,7H2,1-2H3,(H,16,17). The van der Waals surface area contributed by atoms with Crippen LogP contribution in [0.2, 0.25) is 4.34 Å². The number of hydrogen-bond acceptors (Lipinski definition) is 4. The number of carbonyl (C=O) groups is 1. The molecule has 0 saturated heterocycles. The van der Waals surface area contributed by atoms with Crippen molar-refractivity contribution in [2.45, 2.75) is 6.54 Å². The second-order valence-corrected chi connectivity index (χ2v) is 5.97. The average molecular weight is 314 g/mol. The Balaban J connectivity index is 2.20. The van der Waals surface area contributed by atoms with Gasteiger partial charge in [-0.1, -0.05) is 11.6 Å². The molecule has 7 heteroatoms. The quantitative estimate of drug-likeness (QED) is 0.942. The minimum Gasteiger partial charge on any atom is -0.372 e. The van der Waals surface area contributed by atoms with Gasteiger partial charge >= 0.3 is 0 Å². The van der Waals surface area contributed by atoms with Crippen molar-refractivity contribution in [3.63, 3.8) is 0 Å². The number of anilines is 1. The topological polar surface area (TPSA) is 45.2 Å². The Kier molecular flexibility index (Phi) is 4.57. The summed E-state index contributed by atoms with van der Waals surface area (Å²) >= 11 is 7.26. The predicted molar refractivity (Wildman–Crippen MR) is 78.9 cm³/mol. The van der Waals surface area contributed by atoms with E-state index in [1.165, 1.54) is 22.3 Å². The van der Waals surface area contributed by atoms with Gasteiger partial charge in [0, 0.05) is 19.0 Å². The summed E-state index contributed by atoms with van der Waals surface area (Å²) in [5.74, 6) is -0.488. The molecule has 0 bridgehead atoms. The van der Waals surface area contributed by atoms with E-state index in [0.29, 0.717) is 16.7 Å². The summed E-state index contributed by atoms with van der Waals surface area (Å²) in [6, 6.07) is 4.82. The molecule has 0 aliphatic heterocycles. The predicted octanol–water partition coefficient (Wildman–Crippen LogP) is 3.25. The maximum atomic E-state index is 13.3. The van der Waals surface area contributed by atoms with Gasteiger partial charge in [-0.05, 0) is 18.2 Å². The first-order valence-electron chi connectivity index (χ1n) is 5.84. The Bertz CT molecular complexity index is 632. The Labute approximate surface area is 125 Å². The summed E-state index contributed by atoms with van der Waals surface area (Å²) in [6.07, 6.45) is 1.07. The minimum atomic E-state index is -0.542. The number of halogens is 2. The Morgan fingerprint density at radius 3 is 2.90 bits per heavy atom. The van der Waals surface area contributed by atoms with Gasteiger partial charge in [0.15, 0.2) is 0 Å². The van der Waals surface area contributed by atoms with Crippen LogP contribution in [-0.2, 0) is 6.54 Å². The lowest BCUT2D eigenvalue weighted by Crippen LogP contribution is -2.27. The van der Waals surface area contributed by atoms with Crippen LogP contribution in [0.15, 0.2) is 24.4 Å². The van der Waals surface area contributed by atoms with Crippen LogP contribution in [-0.4, -0.2) is 29.9 Å². The van der Waals surface area contributed by atoms with Crippen molar-refractivity contribution >= 4 is 34.7 Å². The number of rotatable bonds is 4. The van der Waals surface area contributed by atoms with Crippen LogP contribution in [0.1, 0.15) is 15.2 Å². The highest BCUT2D eigenvalue weighted by atomic mass is 35.5. The van der Waals surface area contributed by atoms with Crippen molar-refractivity contribution in [3.8, 4) is 0 Å². The molecule has 20 heavy (non-hydrogen) atoms. The molecular weight excluding hydrogens is 301 g/mol. The van der Waals surface area contributed by atoms with E-state index in [2.05, 4.69) is 10.3 Å². The van der Waals surface area contributed by atoms with Crippen LogP contribution in [0.4, 0.5) is 10.2 Å². The monoisotopic (exact) mass is 313 g/mol. The van der Waals surface area contributed by atoms with Crippen LogP contribution >= 0.6 is 22.9 Å². The molecule has 2 aromatic heterocycles. The molecule has 0 fully saturated rings. The third-order valence-corrected chi connectivity index (χ3v) is 3.91. The Hall–Kier alpha value is -1.66. The molecule has 0 aliphatic rings. The molecule has 2 rings (SSSR count). The van der Waals surface area contributed by atoms with Crippen molar-refractivity contribution in [1.29, 1.82) is 0 Å². The lowest BCUT2D eigenvalue weighted by molar-refractivity contribution is 0.0786. The van der Waals surface area contributed by atoms with Crippen molar-refractivity contribution < 1.29 is 9.18 Å². The van der Waals surface area contributed by atoms with Gasteiger partial charge in [0.2, 0.25) is 0 Å². The second-order valence-electron chi connectivity index (χ2n) is 4.17. The smallest absolute Gasteiger partial charge is 0.257 e. The fourth-order valence-corrected chi connectivity index (χ4v) is 2.89. The fourth-order valence-electron chi connectivity index (χ4n) is 1.75. The molecule has 106 valence electrons. The van der Waals surface area contributed by atoms with E-state index in [9.17, 15) is 9.18 Å². The summed E-state index contributed by atoms with van der Waals surface area (Å²) < 4.78 is 13.9. The highest BCUT2D eigenvalue weighted by Gasteiger charge is 2.18. The first kappa shape index (κ1) is 14.7. The zero-order chi connectivity index (χ0) is 14.7. The summed E-state index contributed by atoms with van der Waals surface area (Å²) in [5.41, 5.74) is 0.206. The van der Waals surface area contributed by atoms with Gasteiger partial charge in [0.25, 0.3) is 5.91 Å². The average Bonchev–Trinajstić information content (AvgIpc) is 2.83. The van der Waals surface area contributed by atoms with Crippen LogP contribution in [0, 0.1) is 5.82 Å². The van der Waals surface area contributed by atoms with Gasteiger partial charge in [-0.15, -0.1) is 11.3 Å². The third kappa shape index (κ3) is 3.26. The molecule has 0 atom stereocenters. The van der Waals surface area contributed by atoms with Crippen LogP contribution in [0.25, 0.3) is 0 Å². The number of aromatic nitrogens is 1. The van der Waals surface area contributed by atoms with Crippen molar-refractivity contribution in [2.75, 3.05) is 19.4 Å². The number of hydrogen-bond donors (Lipinski definition) is 1. The van der Waals surface area contributed by atoms with Crippen molar-refractivity contribution in [3.05, 3.63) is 45.0 Å². The molecule has 1 amide bonds. The number of nitrogens with zero attached hydrogens (tertiary/aromatic N) is 2. The highest BCUT2D eigenvalue weighted by molar-refractivity contribution is 7.16. The first-order valence-corrected chi connectivity index (χ1v) is 7.03. The normalized spacial score (nSPS) is 10.4. The summed E-state index contributed by atoms with van der Waals surface area (Å²) in [7, 11) is 3.29. The molecule has 0 aliphatic carbocycles. The van der Waals surface area contributed by atoms with Gasteiger partial charge in [-0.2, -0.15) is 0 Å². The molecule has 0 unspecified atom stereocenters. The molecule has 0 saturated carbocycles. The van der Waals surface area contributed by atoms with Crippen LogP contribution in [0.5, 0.6) is 0 Å². The van der Waals surface area contributed by atoms with E-state index in [0.717, 1.165) is 11.1 Å². The number of carbonyl (C=O) groups excluding carboxylic acids is 1. The molecule has 2 heterocycles. The van der Waals surface area contributed by atoms with Gasteiger partial charge < -0.3 is 10.2 Å². The first-order chi connectivity index (χ1) is 9.51. The number of nitrogens with one attached hydrogen (secondary N) is 1. The summed E-state index contributed by atoms with van der Waals surface area (Å²) in [6.45, 7) is 0.413. The number of thiophene rings is 1. The van der Waals surface area contributed by atoms with E-state index < -0.39 is 5.82 Å². The van der Waals surface area contributed by atoms with Crippen LogP contribution < -0.4 is 5.32 Å². The van der Waals surface area contributed by atoms with Crippen molar-refractivity contribution in [1.82, 2.24) is 9.88 Å². The fraction of sp³-hybridized carbons (Fsp3) is 0.231. The van der Waals surface area contributed by atoms with Gasteiger partial charge in [-0.3, -0.25) is 4.79 Å². The molecule has 0 aromatic carbocycles. The zero-order valence-corrected chi connectivity index (χ0v) is 12.6. The van der Waals surface area contributed by atoms with E-state index >= 15 is 0 Å². The second kappa shape index (κ2) is 6.19. The lowest BCUT2D eigenvalue weighted by atomic mass is 10.2. The molecule has 2 aromatic rings. The van der Waals surface area contributed by atoms with Gasteiger partial charge in [-0.25, -0.2) is 9.37 Å². The number of amides is 1. The molecule has 1 N–H and O–H groups in total. The Morgan fingerprint density at radius 2 is 2.30 bits per heavy atom. The highest BCUT2D eigenvalue weighted by Crippen LogP contribution is 2.23. The minimum absolute atomic E-state index is 0.206. The lowest BCUT2D eigenvalue weighted by Gasteiger charge is -2.17. The van der Waals surface area contributed by atoms with Crippen molar-refractivity contribution in [2.24, 2.45) is 0 Å². The molecule has 4 nitrogen and oxygen atoms in total. The number of pyridine rings is 1. The van der Waals surface area contributed by atoms with E-state index in [1.54, 1.807) is 20.2 Å². The SMILES string of the molecule is CNc1ncc(F)cc1C(=O)N(C)Cc1ccc(Cl)s1. The zero-order valence-electron chi connectivity index (χ0n) is 11.0. The van der Waals surface area contributed by atoms with E-state index in [4.69, 9.17) is 11.6 Å². The molecular formula is C13H13ClFN3OS. The van der Waals surface area contributed by atoms with Gasteiger partial charge in [0.05, 0.1) is 22.6 Å². The largest absolute Gasteiger partial charge is 0.372 e. The van der Waals surface area contributed by atoms with E-state index in [-0.39, 0.29) is 11.5 Å². The maximum absolute atomic E-state index is 13.3. The molecule has 0 spiro atoms. The van der Waals surface area contributed by atoms with Crippen LogP contribution in [0.3, 0.4) is 0 Å². The maximum Gasteiger partial charge on any atom is 0.257 e.